The third-order valence-electron chi connectivity index (χ3n) is 2.95. The molecule has 0 aliphatic heterocycles. The van der Waals surface area contributed by atoms with Crippen LogP contribution in [0.1, 0.15) is 0 Å². The van der Waals surface area contributed by atoms with E-state index < -0.39 is 17.4 Å². The van der Waals surface area contributed by atoms with Gasteiger partial charge in [-0.1, -0.05) is 0 Å². The molecule has 1 N–H and O–H groups in total. The predicted octanol–water partition coefficient (Wildman–Crippen LogP) is -1.56. The van der Waals surface area contributed by atoms with Crippen molar-refractivity contribution in [3.63, 3.8) is 0 Å². The lowest BCUT2D eigenvalue weighted by molar-refractivity contribution is 0.0521. The highest BCUT2D eigenvalue weighted by Crippen LogP contribution is 2.03. The third kappa shape index (κ3) is 2.20. The van der Waals surface area contributed by atoms with Crippen molar-refractivity contribution >= 4 is 11.2 Å². The highest BCUT2D eigenvalue weighted by Gasteiger charge is 2.16. The predicted molar refractivity (Wildman–Crippen MR) is 68.1 cm³/mol. The van der Waals surface area contributed by atoms with Crippen LogP contribution in [0.15, 0.2) is 15.9 Å². The van der Waals surface area contributed by atoms with E-state index in [0.717, 1.165) is 4.57 Å². The molecule has 0 fully saturated rings. The number of methoxy groups -OCH3 is 1. The summed E-state index contributed by atoms with van der Waals surface area (Å²) in [6.45, 7) is -0.0561. The second-order valence-corrected chi connectivity index (χ2v) is 4.39. The molecule has 0 saturated carbocycles. The van der Waals surface area contributed by atoms with Gasteiger partial charge < -0.3 is 14.4 Å². The van der Waals surface area contributed by atoms with Crippen molar-refractivity contribution in [3.8, 4) is 0 Å². The van der Waals surface area contributed by atoms with E-state index >= 15 is 0 Å². The fourth-order valence-corrected chi connectivity index (χ4v) is 2.01. The first-order valence-electron chi connectivity index (χ1n) is 5.75. The summed E-state index contributed by atoms with van der Waals surface area (Å²) in [5.41, 5.74) is -0.318. The normalized spacial score (nSPS) is 13.1. The summed E-state index contributed by atoms with van der Waals surface area (Å²) in [6, 6.07) is 0. The van der Waals surface area contributed by atoms with E-state index in [0.29, 0.717) is 11.2 Å². The summed E-state index contributed by atoms with van der Waals surface area (Å²) in [4.78, 5) is 28.4. The molecule has 2 aromatic rings. The van der Waals surface area contributed by atoms with Crippen molar-refractivity contribution in [1.29, 1.82) is 0 Å². The van der Waals surface area contributed by atoms with Crippen LogP contribution in [-0.4, -0.2) is 43.6 Å². The summed E-state index contributed by atoms with van der Waals surface area (Å²) in [7, 11) is 4.65. The van der Waals surface area contributed by atoms with Gasteiger partial charge in [-0.15, -0.1) is 0 Å². The molecule has 0 aromatic carbocycles. The summed E-state index contributed by atoms with van der Waals surface area (Å²) in [6.07, 6.45) is 0.558. The minimum absolute atomic E-state index is 0.0546. The van der Waals surface area contributed by atoms with Crippen LogP contribution in [0, 0.1) is 0 Å². The zero-order chi connectivity index (χ0) is 14.2. The Morgan fingerprint density at radius 1 is 1.42 bits per heavy atom. The Hall–Kier alpha value is -1.93. The quantitative estimate of drug-likeness (QED) is 0.724. The maximum absolute atomic E-state index is 12.3. The molecule has 0 bridgehead atoms. The van der Waals surface area contributed by atoms with Crippen LogP contribution >= 0.6 is 0 Å². The number of nitrogens with zero attached hydrogens (tertiary/aromatic N) is 4. The van der Waals surface area contributed by atoms with Gasteiger partial charge >= 0.3 is 5.69 Å². The Morgan fingerprint density at radius 2 is 2.11 bits per heavy atom. The molecule has 104 valence electrons. The van der Waals surface area contributed by atoms with Crippen LogP contribution in [0.5, 0.6) is 0 Å². The molecule has 0 radical (unpaired) electrons. The summed E-state index contributed by atoms with van der Waals surface area (Å²) in [5.74, 6) is 0. The van der Waals surface area contributed by atoms with Gasteiger partial charge in [0.05, 0.1) is 25.6 Å². The van der Waals surface area contributed by atoms with Crippen molar-refractivity contribution in [2.24, 2.45) is 14.1 Å². The lowest BCUT2D eigenvalue weighted by Crippen LogP contribution is -2.42. The molecule has 2 heterocycles. The van der Waals surface area contributed by atoms with Crippen molar-refractivity contribution in [2.75, 3.05) is 13.7 Å². The molecule has 0 aliphatic rings. The van der Waals surface area contributed by atoms with Gasteiger partial charge in [-0.2, -0.15) is 0 Å². The van der Waals surface area contributed by atoms with Crippen LogP contribution in [0.4, 0.5) is 0 Å². The van der Waals surface area contributed by atoms with E-state index in [1.54, 1.807) is 11.6 Å². The molecular formula is C11H16N4O4. The van der Waals surface area contributed by atoms with Crippen LogP contribution < -0.4 is 11.2 Å². The van der Waals surface area contributed by atoms with E-state index in [9.17, 15) is 14.7 Å². The highest BCUT2D eigenvalue weighted by molar-refractivity contribution is 5.69. The van der Waals surface area contributed by atoms with E-state index in [4.69, 9.17) is 4.74 Å². The second kappa shape index (κ2) is 4.98. The molecular weight excluding hydrogens is 252 g/mol. The van der Waals surface area contributed by atoms with Gasteiger partial charge in [0.15, 0.2) is 11.2 Å². The SMILES string of the molecule is COCC(O)Cn1c(=O)c2c(ncn2C)n(C)c1=O. The molecule has 8 heteroatoms. The van der Waals surface area contributed by atoms with Crippen LogP contribution in [0.2, 0.25) is 0 Å². The van der Waals surface area contributed by atoms with Gasteiger partial charge in [-0.25, -0.2) is 9.78 Å². The number of aliphatic hydroxyl groups is 1. The average molecular weight is 268 g/mol. The van der Waals surface area contributed by atoms with Crippen molar-refractivity contribution < 1.29 is 9.84 Å². The topological polar surface area (TPSA) is 91.3 Å². The fraction of sp³-hybridized carbons (Fsp3) is 0.545. The number of imidazole rings is 1. The molecule has 1 unspecified atom stereocenters. The average Bonchev–Trinajstić information content (AvgIpc) is 2.74. The monoisotopic (exact) mass is 268 g/mol. The number of hydrogen-bond donors (Lipinski definition) is 1. The van der Waals surface area contributed by atoms with Crippen LogP contribution in [0.3, 0.4) is 0 Å². The maximum Gasteiger partial charge on any atom is 0.332 e. The van der Waals surface area contributed by atoms with E-state index in [2.05, 4.69) is 4.98 Å². The van der Waals surface area contributed by atoms with Gasteiger partial charge in [-0.3, -0.25) is 13.9 Å². The van der Waals surface area contributed by atoms with Crippen molar-refractivity contribution in [1.82, 2.24) is 18.7 Å². The summed E-state index contributed by atoms with van der Waals surface area (Å²) in [5, 5.41) is 9.68. The number of rotatable bonds is 4. The first-order valence-corrected chi connectivity index (χ1v) is 5.75. The third-order valence-corrected chi connectivity index (χ3v) is 2.95. The van der Waals surface area contributed by atoms with Gasteiger partial charge in [-0.05, 0) is 0 Å². The Morgan fingerprint density at radius 3 is 2.74 bits per heavy atom. The molecule has 0 saturated heterocycles. The molecule has 2 aromatic heterocycles. The van der Waals surface area contributed by atoms with Gasteiger partial charge in [0, 0.05) is 21.2 Å². The molecule has 1 atom stereocenters. The first kappa shape index (κ1) is 13.5. The lowest BCUT2D eigenvalue weighted by atomic mass is 10.3. The number of aryl methyl sites for hydroxylation is 2. The van der Waals surface area contributed by atoms with E-state index in [1.165, 1.54) is 25.1 Å². The minimum Gasteiger partial charge on any atom is -0.389 e. The fourth-order valence-electron chi connectivity index (χ4n) is 2.01. The number of aromatic nitrogens is 4. The molecule has 0 aliphatic carbocycles. The van der Waals surface area contributed by atoms with E-state index in [-0.39, 0.29) is 13.2 Å². The standard InChI is InChI=1S/C11H16N4O4/c1-13-6-12-9-8(13)10(17)15(11(18)14(9)2)4-7(16)5-19-3/h6-7,16H,4-5H2,1-3H3. The molecule has 0 amide bonds. The zero-order valence-electron chi connectivity index (χ0n) is 11.0. The summed E-state index contributed by atoms with van der Waals surface area (Å²) >= 11 is 0. The van der Waals surface area contributed by atoms with Crippen molar-refractivity contribution in [2.45, 2.75) is 12.6 Å². The highest BCUT2D eigenvalue weighted by atomic mass is 16.5. The van der Waals surface area contributed by atoms with Gasteiger partial charge in [0.1, 0.15) is 0 Å². The van der Waals surface area contributed by atoms with E-state index in [1.807, 2.05) is 0 Å². The Kier molecular flexibility index (Phi) is 3.54. The Bertz CT molecular complexity index is 712. The maximum atomic E-state index is 12.3. The molecule has 2 rings (SSSR count). The first-order chi connectivity index (χ1) is 8.97. The number of ether oxygens (including phenoxy) is 1. The zero-order valence-corrected chi connectivity index (χ0v) is 11.0. The van der Waals surface area contributed by atoms with Gasteiger partial charge in [0.2, 0.25) is 0 Å². The minimum atomic E-state index is -0.916. The second-order valence-electron chi connectivity index (χ2n) is 4.39. The smallest absolute Gasteiger partial charge is 0.332 e. The summed E-state index contributed by atoms with van der Waals surface area (Å²) < 4.78 is 8.62. The van der Waals surface area contributed by atoms with Crippen LogP contribution in [-0.2, 0) is 25.4 Å². The molecule has 8 nitrogen and oxygen atoms in total. The number of aliphatic hydroxyl groups excluding tert-OH is 1. The van der Waals surface area contributed by atoms with Gasteiger partial charge in [0.25, 0.3) is 5.56 Å². The number of hydrogen-bond acceptors (Lipinski definition) is 5. The Labute approximate surface area is 108 Å². The number of fused-ring (bicyclic) bond motifs is 1. The largest absolute Gasteiger partial charge is 0.389 e. The van der Waals surface area contributed by atoms with Crippen LogP contribution in [0.25, 0.3) is 11.2 Å². The molecule has 0 spiro atoms. The molecule has 19 heavy (non-hydrogen) atoms. The Balaban J connectivity index is 2.64. The van der Waals surface area contributed by atoms with Crippen molar-refractivity contribution in [3.05, 3.63) is 27.2 Å². The lowest BCUT2D eigenvalue weighted by Gasteiger charge is -2.12.